The zero-order valence-corrected chi connectivity index (χ0v) is 14.3. The Morgan fingerprint density at radius 3 is 2.35 bits per heavy atom. The fourth-order valence-electron chi connectivity index (χ4n) is 2.81. The molecule has 2 N–H and O–H groups in total. The molecular formula is C18H26N2O3. The first kappa shape index (κ1) is 17.5. The summed E-state index contributed by atoms with van der Waals surface area (Å²) in [7, 11) is 0. The van der Waals surface area contributed by atoms with Crippen molar-refractivity contribution in [1.29, 1.82) is 0 Å². The lowest BCUT2D eigenvalue weighted by Gasteiger charge is -2.23. The van der Waals surface area contributed by atoms with Gasteiger partial charge in [0, 0.05) is 12.2 Å². The first-order valence-electron chi connectivity index (χ1n) is 8.07. The van der Waals surface area contributed by atoms with Gasteiger partial charge in [0.2, 0.25) is 5.91 Å². The summed E-state index contributed by atoms with van der Waals surface area (Å²) in [5.74, 6) is -1.24. The van der Waals surface area contributed by atoms with Gasteiger partial charge in [0.05, 0.1) is 12.0 Å². The van der Waals surface area contributed by atoms with Gasteiger partial charge in [-0.2, -0.15) is 0 Å². The van der Waals surface area contributed by atoms with E-state index < -0.39 is 5.97 Å². The predicted octanol–water partition coefficient (Wildman–Crippen LogP) is 2.72. The molecule has 0 saturated carbocycles. The minimum absolute atomic E-state index is 0.0806. The normalized spacial score (nSPS) is 20.3. The first-order chi connectivity index (χ1) is 10.7. The molecule has 2 rings (SSSR count). The number of carbonyl (C=O) groups is 2. The van der Waals surface area contributed by atoms with Gasteiger partial charge in [-0.1, -0.05) is 32.9 Å². The number of aliphatic carboxylic acids is 1. The molecule has 2 atom stereocenters. The minimum Gasteiger partial charge on any atom is -0.481 e. The summed E-state index contributed by atoms with van der Waals surface area (Å²) < 4.78 is 0. The van der Waals surface area contributed by atoms with E-state index in [4.69, 9.17) is 5.11 Å². The van der Waals surface area contributed by atoms with E-state index in [-0.39, 0.29) is 23.3 Å². The van der Waals surface area contributed by atoms with E-state index in [9.17, 15) is 9.59 Å². The highest BCUT2D eigenvalue weighted by Crippen LogP contribution is 2.24. The summed E-state index contributed by atoms with van der Waals surface area (Å²) in [6.07, 6.45) is 0.604. The Morgan fingerprint density at radius 2 is 1.87 bits per heavy atom. The highest BCUT2D eigenvalue weighted by Gasteiger charge is 2.33. The molecule has 1 saturated heterocycles. The Bertz CT molecular complexity index is 575. The monoisotopic (exact) mass is 318 g/mol. The predicted molar refractivity (Wildman–Crippen MR) is 90.5 cm³/mol. The van der Waals surface area contributed by atoms with Crippen molar-refractivity contribution >= 4 is 17.6 Å². The van der Waals surface area contributed by atoms with E-state index in [2.05, 4.69) is 26.1 Å². The van der Waals surface area contributed by atoms with Crippen molar-refractivity contribution in [3.63, 3.8) is 0 Å². The number of amides is 1. The van der Waals surface area contributed by atoms with Crippen molar-refractivity contribution in [2.24, 2.45) is 5.92 Å². The summed E-state index contributed by atoms with van der Waals surface area (Å²) >= 11 is 0. The number of carbonyl (C=O) groups excluding carboxylic acids is 1. The number of carboxylic acids is 1. The van der Waals surface area contributed by atoms with Crippen LogP contribution in [-0.4, -0.2) is 41.0 Å². The SMILES string of the molecule is CC(C(=O)Nc1ccc(C(C)(C)C)cc1)N1CCC(C(=O)O)C1. The van der Waals surface area contributed by atoms with Crippen molar-refractivity contribution in [1.82, 2.24) is 4.90 Å². The fraction of sp³-hybridized carbons (Fsp3) is 0.556. The molecule has 23 heavy (non-hydrogen) atoms. The van der Waals surface area contributed by atoms with Crippen molar-refractivity contribution in [2.45, 2.75) is 45.6 Å². The second-order valence-corrected chi connectivity index (χ2v) is 7.31. The standard InChI is InChI=1S/C18H26N2O3/c1-12(20-10-9-13(11-20)17(22)23)16(21)19-15-7-5-14(6-8-15)18(2,3)4/h5-8,12-13H,9-11H2,1-4H3,(H,19,21)(H,22,23). The molecule has 5 heteroatoms. The third-order valence-electron chi connectivity index (χ3n) is 4.51. The molecule has 1 heterocycles. The summed E-state index contributed by atoms with van der Waals surface area (Å²) in [5.41, 5.74) is 2.06. The molecule has 1 aromatic carbocycles. The molecule has 0 spiro atoms. The summed E-state index contributed by atoms with van der Waals surface area (Å²) in [4.78, 5) is 25.3. The number of anilines is 1. The van der Waals surface area contributed by atoms with E-state index in [1.165, 1.54) is 5.56 Å². The Balaban J connectivity index is 1.95. The lowest BCUT2D eigenvalue weighted by Crippen LogP contribution is -2.41. The number of hydrogen-bond donors (Lipinski definition) is 2. The van der Waals surface area contributed by atoms with Gasteiger partial charge < -0.3 is 10.4 Å². The van der Waals surface area contributed by atoms with Crippen LogP contribution < -0.4 is 5.32 Å². The molecule has 1 fully saturated rings. The zero-order chi connectivity index (χ0) is 17.2. The molecule has 0 radical (unpaired) electrons. The highest BCUT2D eigenvalue weighted by atomic mass is 16.4. The number of benzene rings is 1. The van der Waals surface area contributed by atoms with Gasteiger partial charge in [0.1, 0.15) is 0 Å². The lowest BCUT2D eigenvalue weighted by molar-refractivity contribution is -0.141. The number of carboxylic acid groups (broad SMARTS) is 1. The van der Waals surface area contributed by atoms with Crippen molar-refractivity contribution in [3.8, 4) is 0 Å². The van der Waals surface area contributed by atoms with Crippen LogP contribution in [-0.2, 0) is 15.0 Å². The summed E-state index contributed by atoms with van der Waals surface area (Å²) in [6, 6.07) is 7.54. The van der Waals surface area contributed by atoms with Crippen LogP contribution in [0.25, 0.3) is 0 Å². The third-order valence-corrected chi connectivity index (χ3v) is 4.51. The maximum absolute atomic E-state index is 12.4. The number of hydrogen-bond acceptors (Lipinski definition) is 3. The molecule has 0 aliphatic carbocycles. The van der Waals surface area contributed by atoms with Crippen LogP contribution in [0.5, 0.6) is 0 Å². The van der Waals surface area contributed by atoms with Crippen molar-refractivity contribution in [3.05, 3.63) is 29.8 Å². The number of nitrogens with zero attached hydrogens (tertiary/aromatic N) is 1. The molecular weight excluding hydrogens is 292 g/mol. The lowest BCUT2D eigenvalue weighted by atomic mass is 9.87. The van der Waals surface area contributed by atoms with Crippen LogP contribution in [0.2, 0.25) is 0 Å². The summed E-state index contributed by atoms with van der Waals surface area (Å²) in [5, 5.41) is 12.0. The average molecular weight is 318 g/mol. The topological polar surface area (TPSA) is 69.6 Å². The van der Waals surface area contributed by atoms with Gasteiger partial charge in [-0.25, -0.2) is 0 Å². The second kappa shape index (κ2) is 6.71. The van der Waals surface area contributed by atoms with E-state index in [1.54, 1.807) is 0 Å². The van der Waals surface area contributed by atoms with Crippen LogP contribution >= 0.6 is 0 Å². The molecule has 2 unspecified atom stereocenters. The van der Waals surface area contributed by atoms with Gasteiger partial charge in [-0.15, -0.1) is 0 Å². The van der Waals surface area contributed by atoms with Crippen LogP contribution in [0, 0.1) is 5.92 Å². The van der Waals surface area contributed by atoms with Crippen molar-refractivity contribution in [2.75, 3.05) is 18.4 Å². The van der Waals surface area contributed by atoms with Gasteiger partial charge in [0.25, 0.3) is 0 Å². The zero-order valence-electron chi connectivity index (χ0n) is 14.3. The molecule has 0 bridgehead atoms. The maximum atomic E-state index is 12.4. The smallest absolute Gasteiger partial charge is 0.307 e. The molecule has 1 aliphatic rings. The first-order valence-corrected chi connectivity index (χ1v) is 8.07. The van der Waals surface area contributed by atoms with Crippen LogP contribution in [0.3, 0.4) is 0 Å². The molecule has 0 aromatic heterocycles. The quantitative estimate of drug-likeness (QED) is 0.895. The number of nitrogens with one attached hydrogen (secondary N) is 1. The second-order valence-electron chi connectivity index (χ2n) is 7.31. The van der Waals surface area contributed by atoms with Crippen LogP contribution in [0.4, 0.5) is 5.69 Å². The van der Waals surface area contributed by atoms with E-state index in [1.807, 2.05) is 36.1 Å². The summed E-state index contributed by atoms with van der Waals surface area (Å²) in [6.45, 7) is 9.35. The number of rotatable bonds is 4. The van der Waals surface area contributed by atoms with Crippen LogP contribution in [0.1, 0.15) is 39.7 Å². The molecule has 1 amide bonds. The Hall–Kier alpha value is -1.88. The minimum atomic E-state index is -0.780. The maximum Gasteiger partial charge on any atom is 0.307 e. The average Bonchev–Trinajstić information content (AvgIpc) is 2.96. The Morgan fingerprint density at radius 1 is 1.26 bits per heavy atom. The van der Waals surface area contributed by atoms with Gasteiger partial charge >= 0.3 is 5.97 Å². The molecule has 1 aliphatic heterocycles. The van der Waals surface area contributed by atoms with Crippen LogP contribution in [0.15, 0.2) is 24.3 Å². The van der Waals surface area contributed by atoms with Gasteiger partial charge in [0.15, 0.2) is 0 Å². The highest BCUT2D eigenvalue weighted by molar-refractivity contribution is 5.94. The van der Waals surface area contributed by atoms with Gasteiger partial charge in [-0.3, -0.25) is 14.5 Å². The van der Waals surface area contributed by atoms with Crippen molar-refractivity contribution < 1.29 is 14.7 Å². The third kappa shape index (κ3) is 4.32. The molecule has 5 nitrogen and oxygen atoms in total. The Labute approximate surface area is 137 Å². The largest absolute Gasteiger partial charge is 0.481 e. The Kier molecular flexibility index (Phi) is 5.09. The molecule has 126 valence electrons. The van der Waals surface area contributed by atoms with Gasteiger partial charge in [-0.05, 0) is 43.0 Å². The molecule has 1 aromatic rings. The van der Waals surface area contributed by atoms with E-state index in [0.717, 1.165) is 5.69 Å². The fourth-order valence-corrected chi connectivity index (χ4v) is 2.81. The van der Waals surface area contributed by atoms with E-state index in [0.29, 0.717) is 19.5 Å². The number of likely N-dealkylation sites (tertiary alicyclic amines) is 1. The van der Waals surface area contributed by atoms with E-state index >= 15 is 0 Å².